The van der Waals surface area contributed by atoms with E-state index in [0.717, 1.165) is 6.08 Å². The van der Waals surface area contributed by atoms with Crippen LogP contribution in [0.1, 0.15) is 12.8 Å². The molecule has 0 saturated heterocycles. The van der Waals surface area contributed by atoms with E-state index in [2.05, 4.69) is 6.58 Å². The van der Waals surface area contributed by atoms with Gasteiger partial charge in [0.1, 0.15) is 0 Å². The number of unbranched alkanes of at least 4 members (excludes halogenated alkanes) is 1. The molecule has 0 aromatic rings. The Balaban J connectivity index is 3.46. The van der Waals surface area contributed by atoms with Crippen LogP contribution >= 0.6 is 0 Å². The van der Waals surface area contributed by atoms with Gasteiger partial charge in [-0.25, -0.2) is 0 Å². The van der Waals surface area contributed by atoms with E-state index in [-0.39, 0.29) is 6.08 Å². The van der Waals surface area contributed by atoms with Crippen molar-refractivity contribution in [3.05, 3.63) is 24.8 Å². The van der Waals surface area contributed by atoms with Crippen molar-refractivity contribution in [2.24, 2.45) is 0 Å². The second kappa shape index (κ2) is 4.14. The van der Waals surface area contributed by atoms with E-state index in [9.17, 15) is 13.2 Å². The maximum atomic E-state index is 11.4. The Labute approximate surface area is 58.0 Å². The largest absolute Gasteiger partial charge is 0.409 e. The van der Waals surface area contributed by atoms with Gasteiger partial charge in [-0.3, -0.25) is 0 Å². The molecule has 0 aliphatic carbocycles. The van der Waals surface area contributed by atoms with Crippen LogP contribution in [0.3, 0.4) is 0 Å². The number of alkyl halides is 3. The average molecular weight is 150 g/mol. The fourth-order valence-electron chi connectivity index (χ4n) is 0.431. The zero-order chi connectivity index (χ0) is 8.04. The minimum atomic E-state index is -4.17. The summed E-state index contributed by atoms with van der Waals surface area (Å²) in [7, 11) is 0. The Morgan fingerprint density at radius 1 is 1.20 bits per heavy atom. The van der Waals surface area contributed by atoms with Gasteiger partial charge in [-0.2, -0.15) is 13.2 Å². The van der Waals surface area contributed by atoms with E-state index in [4.69, 9.17) is 0 Å². The highest BCUT2D eigenvalue weighted by Crippen LogP contribution is 2.16. The summed E-state index contributed by atoms with van der Waals surface area (Å²) < 4.78 is 34.1. The maximum absolute atomic E-state index is 11.4. The number of hydrogen-bond acceptors (Lipinski definition) is 0. The molecule has 10 heavy (non-hydrogen) atoms. The highest BCUT2D eigenvalue weighted by atomic mass is 19.4. The molecule has 0 unspecified atom stereocenters. The monoisotopic (exact) mass is 150 g/mol. The lowest BCUT2D eigenvalue weighted by molar-refractivity contribution is -0.0800. The molecule has 0 amide bonds. The number of halogens is 3. The molecule has 0 heterocycles. The minimum absolute atomic E-state index is 0.247. The molecule has 0 atom stereocenters. The van der Waals surface area contributed by atoms with Crippen molar-refractivity contribution >= 4 is 0 Å². The highest BCUT2D eigenvalue weighted by Gasteiger charge is 2.21. The molecule has 0 aromatic carbocycles. The summed E-state index contributed by atoms with van der Waals surface area (Å²) >= 11 is 0. The van der Waals surface area contributed by atoms with E-state index in [0.29, 0.717) is 12.8 Å². The smallest absolute Gasteiger partial charge is 0.167 e. The van der Waals surface area contributed by atoms with Crippen LogP contribution in [0, 0.1) is 0 Å². The van der Waals surface area contributed by atoms with Crippen molar-refractivity contribution in [2.45, 2.75) is 19.0 Å². The van der Waals surface area contributed by atoms with Crippen LogP contribution < -0.4 is 0 Å². The molecule has 0 aromatic heterocycles. The van der Waals surface area contributed by atoms with Crippen LogP contribution in [-0.2, 0) is 0 Å². The Bertz CT molecular complexity index is 121. The zero-order valence-electron chi connectivity index (χ0n) is 5.49. The van der Waals surface area contributed by atoms with E-state index in [1.807, 2.05) is 0 Å². The van der Waals surface area contributed by atoms with Gasteiger partial charge < -0.3 is 0 Å². The van der Waals surface area contributed by atoms with Crippen LogP contribution in [0.2, 0.25) is 0 Å². The van der Waals surface area contributed by atoms with Crippen molar-refractivity contribution < 1.29 is 13.2 Å². The summed E-state index contributed by atoms with van der Waals surface area (Å²) in [5.41, 5.74) is 0. The second-order valence-electron chi connectivity index (χ2n) is 1.81. The first kappa shape index (κ1) is 9.27. The fraction of sp³-hybridized carbons (Fsp3) is 0.429. The van der Waals surface area contributed by atoms with Crippen molar-refractivity contribution in [1.29, 1.82) is 0 Å². The van der Waals surface area contributed by atoms with Crippen molar-refractivity contribution in [3.8, 4) is 0 Å². The van der Waals surface area contributed by atoms with E-state index < -0.39 is 6.18 Å². The highest BCUT2D eigenvalue weighted by molar-refractivity contribution is 4.89. The maximum Gasteiger partial charge on any atom is 0.409 e. The van der Waals surface area contributed by atoms with Crippen molar-refractivity contribution in [2.75, 3.05) is 0 Å². The SMILES string of the molecule is C=CCC/C=C/C(F)(F)F. The van der Waals surface area contributed by atoms with Gasteiger partial charge in [-0.1, -0.05) is 12.2 Å². The van der Waals surface area contributed by atoms with Crippen molar-refractivity contribution in [1.82, 2.24) is 0 Å². The van der Waals surface area contributed by atoms with Crippen LogP contribution in [0.25, 0.3) is 0 Å². The second-order valence-corrected chi connectivity index (χ2v) is 1.81. The number of hydrogen-bond donors (Lipinski definition) is 0. The molecular weight excluding hydrogens is 141 g/mol. The molecule has 0 aliphatic rings. The number of allylic oxidation sites excluding steroid dienone is 3. The molecule has 0 nitrogen and oxygen atoms in total. The fourth-order valence-corrected chi connectivity index (χ4v) is 0.431. The third-order valence-electron chi connectivity index (χ3n) is 0.844. The van der Waals surface area contributed by atoms with E-state index in [1.54, 1.807) is 6.08 Å². The number of rotatable bonds is 3. The van der Waals surface area contributed by atoms with Crippen molar-refractivity contribution in [3.63, 3.8) is 0 Å². The first-order chi connectivity index (χ1) is 4.56. The molecular formula is C7H9F3. The normalized spacial score (nSPS) is 12.3. The summed E-state index contributed by atoms with van der Waals surface area (Å²) in [6.07, 6.45) is -0.240. The predicted molar refractivity (Wildman–Crippen MR) is 34.6 cm³/mol. The van der Waals surface area contributed by atoms with Gasteiger partial charge in [0.15, 0.2) is 0 Å². The molecule has 0 bridgehead atoms. The third-order valence-corrected chi connectivity index (χ3v) is 0.844. The third kappa shape index (κ3) is 7.27. The van der Waals surface area contributed by atoms with Gasteiger partial charge in [-0.15, -0.1) is 6.58 Å². The predicted octanol–water partition coefficient (Wildman–Crippen LogP) is 3.07. The molecule has 0 aliphatic heterocycles. The first-order valence-corrected chi connectivity index (χ1v) is 2.91. The Hall–Kier alpha value is -0.730. The summed E-state index contributed by atoms with van der Waals surface area (Å²) in [6, 6.07) is 0. The minimum Gasteiger partial charge on any atom is -0.167 e. The topological polar surface area (TPSA) is 0 Å². The molecule has 0 N–H and O–H groups in total. The van der Waals surface area contributed by atoms with Crippen LogP contribution in [0.4, 0.5) is 13.2 Å². The van der Waals surface area contributed by atoms with Gasteiger partial charge in [0.2, 0.25) is 0 Å². The van der Waals surface area contributed by atoms with Gasteiger partial charge in [0.05, 0.1) is 0 Å². The van der Waals surface area contributed by atoms with Gasteiger partial charge in [-0.05, 0) is 12.8 Å². The first-order valence-electron chi connectivity index (χ1n) is 2.91. The van der Waals surface area contributed by atoms with Crippen LogP contribution in [-0.4, -0.2) is 6.18 Å². The van der Waals surface area contributed by atoms with Gasteiger partial charge >= 0.3 is 6.18 Å². The zero-order valence-corrected chi connectivity index (χ0v) is 5.49. The lowest BCUT2D eigenvalue weighted by Crippen LogP contribution is -2.00. The molecule has 58 valence electrons. The summed E-state index contributed by atoms with van der Waals surface area (Å²) in [6.45, 7) is 3.38. The average Bonchev–Trinajstić information content (AvgIpc) is 1.78. The molecule has 0 spiro atoms. The molecule has 0 fully saturated rings. The Kier molecular flexibility index (Phi) is 3.84. The molecule has 0 radical (unpaired) electrons. The lowest BCUT2D eigenvalue weighted by Gasteiger charge is -1.95. The summed E-state index contributed by atoms with van der Waals surface area (Å²) in [5, 5.41) is 0. The Morgan fingerprint density at radius 2 is 1.80 bits per heavy atom. The molecule has 0 rings (SSSR count). The standard InChI is InChI=1S/C7H9F3/c1-2-3-4-5-6-7(8,9)10/h2,5-6H,1,3-4H2/b6-5+. The molecule has 0 saturated carbocycles. The summed E-state index contributed by atoms with van der Waals surface area (Å²) in [4.78, 5) is 0. The van der Waals surface area contributed by atoms with Crippen LogP contribution in [0.15, 0.2) is 24.8 Å². The van der Waals surface area contributed by atoms with Gasteiger partial charge in [0, 0.05) is 6.08 Å². The lowest BCUT2D eigenvalue weighted by atomic mass is 10.3. The van der Waals surface area contributed by atoms with Gasteiger partial charge in [0.25, 0.3) is 0 Å². The quantitative estimate of drug-likeness (QED) is 0.428. The van der Waals surface area contributed by atoms with E-state index in [1.165, 1.54) is 0 Å². The van der Waals surface area contributed by atoms with E-state index >= 15 is 0 Å². The van der Waals surface area contributed by atoms with Crippen LogP contribution in [0.5, 0.6) is 0 Å². The summed E-state index contributed by atoms with van der Waals surface area (Å²) in [5.74, 6) is 0. The Morgan fingerprint density at radius 3 is 2.20 bits per heavy atom. The molecule has 3 heteroatoms.